The number of nitrogens with zero attached hydrogens (tertiary/aromatic N) is 1. The number of hydrogen-bond donors (Lipinski definition) is 0. The number of rotatable bonds is 7. The molecule has 0 fully saturated rings. The molecule has 0 unspecified atom stereocenters. The van der Waals surface area contributed by atoms with Crippen LogP contribution in [0.15, 0.2) is 146 Å². The first-order valence-electron chi connectivity index (χ1n) is 15.2. The quantitative estimate of drug-likeness (QED) is 0.183. The van der Waals surface area contributed by atoms with Crippen LogP contribution in [-0.4, -0.2) is 0 Å². The van der Waals surface area contributed by atoms with Gasteiger partial charge in [0, 0.05) is 27.4 Å². The lowest BCUT2D eigenvalue weighted by Gasteiger charge is -2.31. The molecule has 43 heavy (non-hydrogen) atoms. The highest BCUT2D eigenvalue weighted by atomic mass is 35.5. The summed E-state index contributed by atoms with van der Waals surface area (Å²) in [6, 6.07) is 52.3. The van der Waals surface area contributed by atoms with Gasteiger partial charge in [-0.05, 0) is 88.2 Å². The summed E-state index contributed by atoms with van der Waals surface area (Å²) in [6.07, 6.45) is 2.15. The van der Waals surface area contributed by atoms with E-state index in [1.165, 1.54) is 44.5 Å². The van der Waals surface area contributed by atoms with E-state index >= 15 is 0 Å². The van der Waals surface area contributed by atoms with Crippen LogP contribution >= 0.6 is 11.6 Å². The SMILES string of the molecule is CCC1(CC)c2ccccc2-c2cc(N(c3cccc(Cl)c3)c3ccccc3-c3ccc(-c4ccccc4)cc3)ccc21. The second-order valence-corrected chi connectivity index (χ2v) is 11.8. The fraction of sp³-hybridized carbons (Fsp3) is 0.122. The first kappa shape index (κ1) is 27.3. The third-order valence-corrected chi connectivity index (χ3v) is 9.47. The fourth-order valence-electron chi connectivity index (χ4n) is 7.03. The van der Waals surface area contributed by atoms with Crippen LogP contribution in [0.25, 0.3) is 33.4 Å². The lowest BCUT2D eigenvalue weighted by Crippen LogP contribution is -2.23. The molecule has 0 saturated carbocycles. The topological polar surface area (TPSA) is 3.24 Å². The molecule has 0 radical (unpaired) electrons. The van der Waals surface area contributed by atoms with E-state index in [2.05, 4.69) is 152 Å². The lowest BCUT2D eigenvalue weighted by atomic mass is 9.74. The Labute approximate surface area is 260 Å². The largest absolute Gasteiger partial charge is 0.310 e. The molecule has 1 aliphatic rings. The molecule has 0 aliphatic heterocycles. The third-order valence-electron chi connectivity index (χ3n) is 9.23. The number of fused-ring (bicyclic) bond motifs is 3. The van der Waals surface area contributed by atoms with Crippen LogP contribution in [-0.2, 0) is 5.41 Å². The van der Waals surface area contributed by atoms with E-state index in [1.54, 1.807) is 0 Å². The zero-order valence-corrected chi connectivity index (χ0v) is 25.4. The van der Waals surface area contributed by atoms with E-state index < -0.39 is 0 Å². The third kappa shape index (κ3) is 4.65. The molecule has 1 nitrogen and oxygen atoms in total. The zero-order chi connectivity index (χ0) is 29.4. The smallest absolute Gasteiger partial charge is 0.0540 e. The summed E-state index contributed by atoms with van der Waals surface area (Å²) in [5.41, 5.74) is 13.6. The predicted octanol–water partition coefficient (Wildman–Crippen LogP) is 12.2. The van der Waals surface area contributed by atoms with Crippen molar-refractivity contribution < 1.29 is 0 Å². The van der Waals surface area contributed by atoms with Crippen LogP contribution in [0.2, 0.25) is 5.02 Å². The van der Waals surface area contributed by atoms with Crippen LogP contribution in [0, 0.1) is 0 Å². The summed E-state index contributed by atoms with van der Waals surface area (Å²) in [7, 11) is 0. The minimum absolute atomic E-state index is 0.0454. The summed E-state index contributed by atoms with van der Waals surface area (Å²) in [4.78, 5) is 2.35. The number of benzene rings is 6. The summed E-state index contributed by atoms with van der Waals surface area (Å²) >= 11 is 6.61. The van der Waals surface area contributed by atoms with Gasteiger partial charge in [-0.1, -0.05) is 135 Å². The molecule has 0 atom stereocenters. The van der Waals surface area contributed by atoms with Crippen LogP contribution < -0.4 is 4.90 Å². The van der Waals surface area contributed by atoms with Crippen molar-refractivity contribution in [2.24, 2.45) is 0 Å². The molecule has 0 aromatic heterocycles. The molecular weight excluding hydrogens is 542 g/mol. The summed E-state index contributed by atoms with van der Waals surface area (Å²) in [5, 5.41) is 0.717. The van der Waals surface area contributed by atoms with Crippen molar-refractivity contribution in [2.45, 2.75) is 32.1 Å². The van der Waals surface area contributed by atoms with Crippen LogP contribution in [0.1, 0.15) is 37.8 Å². The maximum absolute atomic E-state index is 6.61. The van der Waals surface area contributed by atoms with Gasteiger partial charge >= 0.3 is 0 Å². The molecule has 2 heteroatoms. The Kier molecular flexibility index (Phi) is 7.13. The van der Waals surface area contributed by atoms with Crippen LogP contribution in [0.3, 0.4) is 0 Å². The number of para-hydroxylation sites is 1. The standard InChI is InChI=1S/C41H34ClN/c1-3-41(4-2)38-19-10-8-18-36(38)37-28-34(25-26-39(37)41)43(33-16-12-15-32(42)27-33)40-20-11-9-17-35(40)31-23-21-30(22-24-31)29-13-6-5-7-14-29/h5-28H,3-4H2,1-2H3. The Balaban J connectivity index is 1.40. The summed E-state index contributed by atoms with van der Waals surface area (Å²) in [5.74, 6) is 0. The maximum Gasteiger partial charge on any atom is 0.0540 e. The number of hydrogen-bond acceptors (Lipinski definition) is 1. The highest BCUT2D eigenvalue weighted by Gasteiger charge is 2.40. The molecule has 0 N–H and O–H groups in total. The van der Waals surface area contributed by atoms with Crippen LogP contribution in [0.5, 0.6) is 0 Å². The van der Waals surface area contributed by atoms with Gasteiger partial charge in [-0.15, -0.1) is 0 Å². The molecule has 6 aromatic rings. The van der Waals surface area contributed by atoms with Crippen molar-refractivity contribution in [1.82, 2.24) is 0 Å². The van der Waals surface area contributed by atoms with E-state index in [-0.39, 0.29) is 5.41 Å². The molecule has 0 heterocycles. The summed E-state index contributed by atoms with van der Waals surface area (Å²) in [6.45, 7) is 4.64. The van der Waals surface area contributed by atoms with Crippen molar-refractivity contribution in [3.05, 3.63) is 162 Å². The maximum atomic E-state index is 6.61. The second-order valence-electron chi connectivity index (χ2n) is 11.3. The van der Waals surface area contributed by atoms with E-state index in [0.29, 0.717) is 0 Å². The van der Waals surface area contributed by atoms with Crippen molar-refractivity contribution in [1.29, 1.82) is 0 Å². The first-order valence-corrected chi connectivity index (χ1v) is 15.6. The lowest BCUT2D eigenvalue weighted by molar-refractivity contribution is 0.490. The van der Waals surface area contributed by atoms with Crippen LogP contribution in [0.4, 0.5) is 17.1 Å². The van der Waals surface area contributed by atoms with Gasteiger partial charge in [-0.25, -0.2) is 0 Å². The van der Waals surface area contributed by atoms with Crippen molar-refractivity contribution in [2.75, 3.05) is 4.90 Å². The van der Waals surface area contributed by atoms with Gasteiger partial charge < -0.3 is 4.90 Å². The molecule has 1 aliphatic carbocycles. The molecule has 0 spiro atoms. The summed E-state index contributed by atoms with van der Waals surface area (Å²) < 4.78 is 0. The number of anilines is 3. The van der Waals surface area contributed by atoms with Gasteiger partial charge in [0.05, 0.1) is 5.69 Å². The van der Waals surface area contributed by atoms with Crippen molar-refractivity contribution in [3.8, 4) is 33.4 Å². The predicted molar refractivity (Wildman–Crippen MR) is 184 cm³/mol. The molecule has 0 amide bonds. The van der Waals surface area contributed by atoms with Gasteiger partial charge in [0.2, 0.25) is 0 Å². The molecule has 0 saturated heterocycles. The van der Waals surface area contributed by atoms with Gasteiger partial charge in [0.1, 0.15) is 0 Å². The molecule has 7 rings (SSSR count). The number of halogens is 1. The fourth-order valence-corrected chi connectivity index (χ4v) is 7.22. The van der Waals surface area contributed by atoms with E-state index in [0.717, 1.165) is 34.9 Å². The zero-order valence-electron chi connectivity index (χ0n) is 24.6. The molecule has 6 aromatic carbocycles. The molecular formula is C41H34ClN. The molecule has 0 bridgehead atoms. The highest BCUT2D eigenvalue weighted by Crippen LogP contribution is 2.54. The van der Waals surface area contributed by atoms with E-state index in [9.17, 15) is 0 Å². The average molecular weight is 576 g/mol. The Morgan fingerprint density at radius 3 is 1.84 bits per heavy atom. The Morgan fingerprint density at radius 2 is 1.09 bits per heavy atom. The van der Waals surface area contributed by atoms with Crippen molar-refractivity contribution >= 4 is 28.7 Å². The highest BCUT2D eigenvalue weighted by molar-refractivity contribution is 6.30. The monoisotopic (exact) mass is 575 g/mol. The Morgan fingerprint density at radius 1 is 0.488 bits per heavy atom. The van der Waals surface area contributed by atoms with Gasteiger partial charge in [-0.3, -0.25) is 0 Å². The second kappa shape index (κ2) is 11.2. The van der Waals surface area contributed by atoms with Gasteiger partial charge in [-0.2, -0.15) is 0 Å². The van der Waals surface area contributed by atoms with Crippen molar-refractivity contribution in [3.63, 3.8) is 0 Å². The Bertz CT molecular complexity index is 1900. The minimum atomic E-state index is 0.0454. The minimum Gasteiger partial charge on any atom is -0.310 e. The van der Waals surface area contributed by atoms with Gasteiger partial charge in [0.25, 0.3) is 0 Å². The first-order chi connectivity index (χ1) is 21.1. The Hall–Kier alpha value is -4.59. The molecule has 210 valence electrons. The van der Waals surface area contributed by atoms with E-state index in [4.69, 9.17) is 11.6 Å². The average Bonchev–Trinajstić information content (AvgIpc) is 3.35. The normalized spacial score (nSPS) is 12.9. The van der Waals surface area contributed by atoms with Gasteiger partial charge in [0.15, 0.2) is 0 Å². The van der Waals surface area contributed by atoms with E-state index in [1.807, 2.05) is 12.1 Å².